The van der Waals surface area contributed by atoms with Crippen LogP contribution < -0.4 is 5.32 Å². The zero-order chi connectivity index (χ0) is 13.1. The maximum absolute atomic E-state index is 10.6. The third kappa shape index (κ3) is 2.96. The third-order valence-corrected chi connectivity index (χ3v) is 2.61. The lowest BCUT2D eigenvalue weighted by Gasteiger charge is -2.05. The van der Waals surface area contributed by atoms with Gasteiger partial charge in [-0.05, 0) is 35.0 Å². The van der Waals surface area contributed by atoms with E-state index in [1.54, 1.807) is 12.1 Å². The molecule has 0 aliphatic rings. The van der Waals surface area contributed by atoms with Gasteiger partial charge in [0.25, 0.3) is 5.89 Å². The molecule has 0 aliphatic carbocycles. The van der Waals surface area contributed by atoms with Gasteiger partial charge in [-0.3, -0.25) is 10.1 Å². The van der Waals surface area contributed by atoms with Crippen molar-refractivity contribution in [2.75, 3.05) is 0 Å². The Kier molecular flexibility index (Phi) is 3.78. The second kappa shape index (κ2) is 5.32. The fraction of sp³-hybridized carbons (Fsp3) is 0.300. The highest BCUT2D eigenvalue weighted by Gasteiger charge is 2.14. The van der Waals surface area contributed by atoms with Crippen LogP contribution in [0.2, 0.25) is 0 Å². The van der Waals surface area contributed by atoms with Crippen LogP contribution in [0.3, 0.4) is 0 Å². The number of furan rings is 1. The van der Waals surface area contributed by atoms with Crippen molar-refractivity contribution in [2.24, 2.45) is 0 Å². The maximum Gasteiger partial charge on any atom is 0.320 e. The zero-order valence-electron chi connectivity index (χ0n) is 9.38. The number of carboxylic acids is 1. The van der Waals surface area contributed by atoms with Crippen LogP contribution in [0.15, 0.2) is 25.6 Å². The van der Waals surface area contributed by atoms with Crippen molar-refractivity contribution in [3.8, 4) is 11.7 Å². The van der Waals surface area contributed by atoms with Crippen molar-refractivity contribution >= 4 is 21.9 Å². The number of carbonyl (C=O) groups is 1. The molecule has 18 heavy (non-hydrogen) atoms. The molecule has 96 valence electrons. The highest BCUT2D eigenvalue weighted by atomic mass is 79.9. The first kappa shape index (κ1) is 12.8. The summed E-state index contributed by atoms with van der Waals surface area (Å²) in [6.07, 6.45) is 0. The molecular formula is C10H10BrN3O4. The van der Waals surface area contributed by atoms with E-state index in [9.17, 15) is 4.79 Å². The topological polar surface area (TPSA) is 101 Å². The number of hydrogen-bond acceptors (Lipinski definition) is 6. The van der Waals surface area contributed by atoms with Crippen LogP contribution in [0.4, 0.5) is 0 Å². The smallest absolute Gasteiger partial charge is 0.320 e. The molecule has 0 aromatic carbocycles. The van der Waals surface area contributed by atoms with E-state index in [0.29, 0.717) is 16.3 Å². The highest BCUT2D eigenvalue weighted by molar-refractivity contribution is 9.10. The molecule has 0 fully saturated rings. The monoisotopic (exact) mass is 315 g/mol. The first-order valence-corrected chi connectivity index (χ1v) is 5.90. The summed E-state index contributed by atoms with van der Waals surface area (Å²) in [6, 6.07) is 2.72. The molecule has 2 rings (SSSR count). The van der Waals surface area contributed by atoms with Gasteiger partial charge in [0.2, 0.25) is 5.89 Å². The van der Waals surface area contributed by atoms with E-state index in [1.807, 2.05) is 0 Å². The Morgan fingerprint density at radius 3 is 2.89 bits per heavy atom. The summed E-state index contributed by atoms with van der Waals surface area (Å²) in [5, 5.41) is 19.0. The number of hydrogen-bond donors (Lipinski definition) is 2. The lowest BCUT2D eigenvalue weighted by atomic mass is 10.3. The molecule has 2 N–H and O–H groups in total. The number of halogens is 1. The molecule has 0 saturated carbocycles. The Morgan fingerprint density at radius 2 is 2.28 bits per heavy atom. The van der Waals surface area contributed by atoms with Crippen molar-refractivity contribution in [3.05, 3.63) is 22.7 Å². The molecule has 0 amide bonds. The Bertz CT molecular complexity index is 551. The van der Waals surface area contributed by atoms with Gasteiger partial charge in [0.05, 0.1) is 6.54 Å². The molecular weight excluding hydrogens is 306 g/mol. The predicted octanol–water partition coefficient (Wildman–Crippen LogP) is 1.65. The average Bonchev–Trinajstić information content (AvgIpc) is 2.94. The summed E-state index contributed by atoms with van der Waals surface area (Å²) in [5.74, 6) is 0.0581. The van der Waals surface area contributed by atoms with Gasteiger partial charge in [-0.2, -0.15) is 0 Å². The van der Waals surface area contributed by atoms with Crippen molar-refractivity contribution in [3.63, 3.8) is 0 Å². The maximum atomic E-state index is 10.6. The van der Waals surface area contributed by atoms with E-state index in [-0.39, 0.29) is 12.4 Å². The van der Waals surface area contributed by atoms with Gasteiger partial charge in [-0.25, -0.2) is 0 Å². The Hall–Kier alpha value is -1.67. The van der Waals surface area contributed by atoms with Crippen LogP contribution in [-0.4, -0.2) is 27.3 Å². The summed E-state index contributed by atoms with van der Waals surface area (Å²) in [5.41, 5.74) is 0. The van der Waals surface area contributed by atoms with Crippen LogP contribution in [-0.2, 0) is 11.3 Å². The fourth-order valence-corrected chi connectivity index (χ4v) is 1.49. The largest absolute Gasteiger partial charge is 0.480 e. The molecule has 0 bridgehead atoms. The summed E-state index contributed by atoms with van der Waals surface area (Å²) >= 11 is 3.17. The quantitative estimate of drug-likeness (QED) is 0.865. The molecule has 0 saturated heterocycles. The minimum atomic E-state index is -0.940. The summed E-state index contributed by atoms with van der Waals surface area (Å²) < 4.78 is 11.1. The number of nitrogens with one attached hydrogen (secondary N) is 1. The lowest BCUT2D eigenvalue weighted by Crippen LogP contribution is -2.33. The molecule has 1 atom stereocenters. The molecule has 7 nitrogen and oxygen atoms in total. The molecule has 0 unspecified atom stereocenters. The molecule has 2 heterocycles. The standard InChI is InChI=1S/C10H10BrN3O4/c1-5(10(15)16)12-4-8-13-14-9(18-8)6-2-3-7(11)17-6/h2-3,5,12H,4H2,1H3,(H,15,16)/t5-/m0/s1. The van der Waals surface area contributed by atoms with Crippen LogP contribution in [0, 0.1) is 0 Å². The van der Waals surface area contributed by atoms with Crippen LogP contribution in [0.25, 0.3) is 11.7 Å². The van der Waals surface area contributed by atoms with Gasteiger partial charge in [0.15, 0.2) is 10.4 Å². The second-order valence-corrected chi connectivity index (χ2v) is 4.33. The van der Waals surface area contributed by atoms with Gasteiger partial charge in [-0.15, -0.1) is 10.2 Å². The number of rotatable bonds is 5. The van der Waals surface area contributed by atoms with E-state index in [1.165, 1.54) is 6.92 Å². The van der Waals surface area contributed by atoms with Gasteiger partial charge in [0, 0.05) is 0 Å². The predicted molar refractivity (Wildman–Crippen MR) is 63.6 cm³/mol. The van der Waals surface area contributed by atoms with E-state index >= 15 is 0 Å². The zero-order valence-corrected chi connectivity index (χ0v) is 11.0. The van der Waals surface area contributed by atoms with E-state index in [0.717, 1.165) is 0 Å². The van der Waals surface area contributed by atoms with Crippen LogP contribution >= 0.6 is 15.9 Å². The minimum absolute atomic E-state index is 0.183. The summed E-state index contributed by atoms with van der Waals surface area (Å²) in [6.45, 7) is 1.71. The molecule has 2 aromatic rings. The first-order valence-electron chi connectivity index (χ1n) is 5.10. The van der Waals surface area contributed by atoms with Gasteiger partial charge in [0.1, 0.15) is 6.04 Å². The summed E-state index contributed by atoms with van der Waals surface area (Å²) in [4.78, 5) is 10.6. The Labute approximate surface area is 110 Å². The van der Waals surface area contributed by atoms with Crippen LogP contribution in [0.5, 0.6) is 0 Å². The second-order valence-electron chi connectivity index (χ2n) is 3.55. The van der Waals surface area contributed by atoms with Gasteiger partial charge >= 0.3 is 5.97 Å². The third-order valence-electron chi connectivity index (χ3n) is 2.18. The molecule has 8 heteroatoms. The Morgan fingerprint density at radius 1 is 1.50 bits per heavy atom. The molecule has 2 aromatic heterocycles. The van der Waals surface area contributed by atoms with Crippen molar-refractivity contribution in [1.29, 1.82) is 0 Å². The number of nitrogens with zero attached hydrogens (tertiary/aromatic N) is 2. The number of aliphatic carboxylic acids is 1. The first-order chi connectivity index (χ1) is 8.56. The normalized spacial score (nSPS) is 12.6. The summed E-state index contributed by atoms with van der Waals surface area (Å²) in [7, 11) is 0. The van der Waals surface area contributed by atoms with Crippen molar-refractivity contribution in [1.82, 2.24) is 15.5 Å². The highest BCUT2D eigenvalue weighted by Crippen LogP contribution is 2.23. The fourth-order valence-electron chi connectivity index (χ4n) is 1.18. The molecule has 0 aliphatic heterocycles. The van der Waals surface area contributed by atoms with E-state index < -0.39 is 12.0 Å². The lowest BCUT2D eigenvalue weighted by molar-refractivity contribution is -0.139. The Balaban J connectivity index is 2.00. The van der Waals surface area contributed by atoms with E-state index in [2.05, 4.69) is 31.4 Å². The van der Waals surface area contributed by atoms with Crippen molar-refractivity contribution in [2.45, 2.75) is 19.5 Å². The SMILES string of the molecule is C[C@H](NCc1nnc(-c2ccc(Br)o2)o1)C(=O)O. The van der Waals surface area contributed by atoms with Gasteiger partial charge in [-0.1, -0.05) is 0 Å². The van der Waals surface area contributed by atoms with Crippen LogP contribution in [0.1, 0.15) is 12.8 Å². The molecule has 0 spiro atoms. The van der Waals surface area contributed by atoms with Gasteiger partial charge < -0.3 is 13.9 Å². The molecule has 0 radical (unpaired) electrons. The number of aromatic nitrogens is 2. The van der Waals surface area contributed by atoms with E-state index in [4.69, 9.17) is 13.9 Å². The number of carboxylic acid groups (broad SMARTS) is 1. The minimum Gasteiger partial charge on any atom is -0.480 e. The van der Waals surface area contributed by atoms with Crippen molar-refractivity contribution < 1.29 is 18.7 Å². The average molecular weight is 316 g/mol.